The Bertz CT molecular complexity index is 1100. The number of rotatable bonds is 9. The molecule has 2 N–H and O–H groups in total. The van der Waals surface area contributed by atoms with Gasteiger partial charge < -0.3 is 10.1 Å². The van der Waals surface area contributed by atoms with Crippen molar-refractivity contribution in [3.8, 4) is 0 Å². The Hall–Kier alpha value is -3.36. The first-order chi connectivity index (χ1) is 16.0. The number of ketones is 1. The van der Waals surface area contributed by atoms with Gasteiger partial charge in [0.05, 0.1) is 13.2 Å². The van der Waals surface area contributed by atoms with E-state index in [1.165, 1.54) is 5.56 Å². The van der Waals surface area contributed by atoms with Gasteiger partial charge in [0.1, 0.15) is 11.5 Å². The lowest BCUT2D eigenvalue weighted by molar-refractivity contribution is 0.0371. The molecule has 0 spiro atoms. The van der Waals surface area contributed by atoms with Gasteiger partial charge in [0.25, 0.3) is 0 Å². The fraction of sp³-hybridized carbons (Fsp3) is 0.360. The summed E-state index contributed by atoms with van der Waals surface area (Å²) in [6.07, 6.45) is 5.01. The lowest BCUT2D eigenvalue weighted by atomic mass is 10.1. The molecule has 8 nitrogen and oxygen atoms in total. The maximum absolute atomic E-state index is 13.0. The predicted octanol–water partition coefficient (Wildman–Crippen LogP) is 4.03. The third-order valence-electron chi connectivity index (χ3n) is 5.48. The summed E-state index contributed by atoms with van der Waals surface area (Å²) in [4.78, 5) is 24.4. The summed E-state index contributed by atoms with van der Waals surface area (Å²) in [6.45, 7) is 8.24. The van der Waals surface area contributed by atoms with E-state index in [-0.39, 0.29) is 5.78 Å². The number of benzene rings is 1. The number of aromatic nitrogens is 4. The van der Waals surface area contributed by atoms with Gasteiger partial charge >= 0.3 is 0 Å². The van der Waals surface area contributed by atoms with Gasteiger partial charge in [-0.1, -0.05) is 35.9 Å². The smallest absolute Gasteiger partial charge is 0.181 e. The third kappa shape index (κ3) is 6.81. The van der Waals surface area contributed by atoms with Gasteiger partial charge in [-0.25, -0.2) is 9.97 Å². The number of ether oxygens (including phenoxy) is 1. The second-order valence-corrected chi connectivity index (χ2v) is 8.28. The molecule has 1 saturated heterocycles. The van der Waals surface area contributed by atoms with Crippen molar-refractivity contribution in [2.45, 2.75) is 26.7 Å². The summed E-state index contributed by atoms with van der Waals surface area (Å²) in [5, 5.41) is 10.3. The number of carbonyl (C=O) groups is 1. The highest BCUT2D eigenvalue weighted by atomic mass is 16.5. The molecular formula is C25H30N6O2. The quantitative estimate of drug-likeness (QED) is 0.479. The highest BCUT2D eigenvalue weighted by molar-refractivity contribution is 5.95. The van der Waals surface area contributed by atoms with Crippen LogP contribution in [0.5, 0.6) is 0 Å². The van der Waals surface area contributed by atoms with Crippen molar-refractivity contribution in [2.75, 3.05) is 38.2 Å². The SMILES string of the molecule is Cc1ccc(/C=C/c2nc(Nc3cc(C)[nH]n3)cc(C(=O)CCCN3CCOCC3)n2)cc1. The van der Waals surface area contributed by atoms with E-state index in [9.17, 15) is 4.79 Å². The zero-order valence-corrected chi connectivity index (χ0v) is 19.2. The fourth-order valence-corrected chi connectivity index (χ4v) is 3.62. The Morgan fingerprint density at radius 3 is 2.61 bits per heavy atom. The van der Waals surface area contributed by atoms with Crippen LogP contribution in [0, 0.1) is 13.8 Å². The molecule has 0 radical (unpaired) electrons. The number of anilines is 2. The number of morpholine rings is 1. The van der Waals surface area contributed by atoms with Crippen molar-refractivity contribution in [1.29, 1.82) is 0 Å². The van der Waals surface area contributed by atoms with Crippen molar-refractivity contribution in [2.24, 2.45) is 0 Å². The average Bonchev–Trinajstić information content (AvgIpc) is 3.23. The van der Waals surface area contributed by atoms with E-state index >= 15 is 0 Å². The summed E-state index contributed by atoms with van der Waals surface area (Å²) >= 11 is 0. The van der Waals surface area contributed by atoms with E-state index in [2.05, 4.69) is 49.4 Å². The summed E-state index contributed by atoms with van der Waals surface area (Å²) in [7, 11) is 0. The molecule has 0 bridgehead atoms. The second kappa shape index (κ2) is 11.0. The number of carbonyl (C=O) groups excluding carboxylic acids is 1. The van der Waals surface area contributed by atoms with Crippen LogP contribution in [-0.4, -0.2) is 63.7 Å². The van der Waals surface area contributed by atoms with Gasteiger partial charge in [-0.15, -0.1) is 0 Å². The molecule has 0 amide bonds. The van der Waals surface area contributed by atoms with Gasteiger partial charge in [-0.2, -0.15) is 5.10 Å². The first-order valence-electron chi connectivity index (χ1n) is 11.3. The number of aryl methyl sites for hydroxylation is 2. The molecule has 0 saturated carbocycles. The lowest BCUT2D eigenvalue weighted by Gasteiger charge is -2.26. The molecule has 1 fully saturated rings. The maximum Gasteiger partial charge on any atom is 0.181 e. The zero-order valence-electron chi connectivity index (χ0n) is 19.2. The zero-order chi connectivity index (χ0) is 23.0. The number of hydrogen-bond acceptors (Lipinski definition) is 7. The van der Waals surface area contributed by atoms with E-state index in [1.54, 1.807) is 6.07 Å². The first-order valence-corrected chi connectivity index (χ1v) is 11.3. The molecule has 3 aromatic rings. The molecule has 1 aromatic carbocycles. The predicted molar refractivity (Wildman–Crippen MR) is 130 cm³/mol. The van der Waals surface area contributed by atoms with Crippen LogP contribution in [0.1, 0.15) is 46.0 Å². The number of hydrogen-bond donors (Lipinski definition) is 2. The number of aromatic amines is 1. The molecule has 1 aliphatic heterocycles. The third-order valence-corrected chi connectivity index (χ3v) is 5.48. The molecule has 3 heterocycles. The Morgan fingerprint density at radius 1 is 1.09 bits per heavy atom. The lowest BCUT2D eigenvalue weighted by Crippen LogP contribution is -2.36. The minimum Gasteiger partial charge on any atom is -0.379 e. The largest absolute Gasteiger partial charge is 0.379 e. The number of H-pyrrole nitrogens is 1. The van der Waals surface area contributed by atoms with Gasteiger partial charge in [0.2, 0.25) is 0 Å². The Morgan fingerprint density at radius 2 is 1.88 bits per heavy atom. The van der Waals surface area contributed by atoms with Crippen LogP contribution in [0.4, 0.5) is 11.6 Å². The summed E-state index contributed by atoms with van der Waals surface area (Å²) in [5.74, 6) is 1.67. The maximum atomic E-state index is 13.0. The van der Waals surface area contributed by atoms with Crippen LogP contribution in [0.2, 0.25) is 0 Å². The van der Waals surface area contributed by atoms with Crippen molar-refractivity contribution >= 4 is 29.6 Å². The molecule has 0 unspecified atom stereocenters. The van der Waals surface area contributed by atoms with Crippen LogP contribution in [-0.2, 0) is 4.74 Å². The standard InChI is InChI=1S/C25H30N6O2/c1-18-5-7-20(8-6-18)9-10-23-26-21(17-24(27-23)28-25-16-19(2)29-30-25)22(32)4-3-11-31-12-14-33-15-13-31/h5-10,16-17H,3-4,11-15H2,1-2H3,(H2,26,27,28,29,30)/b10-9+. The van der Waals surface area contributed by atoms with Gasteiger partial charge in [-0.05, 0) is 38.5 Å². The Kier molecular flexibility index (Phi) is 7.59. The first kappa shape index (κ1) is 22.8. The Balaban J connectivity index is 1.49. The average molecular weight is 447 g/mol. The molecule has 8 heteroatoms. The minimum absolute atomic E-state index is 0.0110. The molecule has 172 valence electrons. The summed E-state index contributed by atoms with van der Waals surface area (Å²) in [5.41, 5.74) is 3.59. The van der Waals surface area contributed by atoms with Crippen LogP contribution in [0.25, 0.3) is 12.2 Å². The van der Waals surface area contributed by atoms with Crippen molar-refractivity contribution in [3.05, 3.63) is 64.7 Å². The van der Waals surface area contributed by atoms with Crippen LogP contribution in [0.3, 0.4) is 0 Å². The van der Waals surface area contributed by atoms with E-state index in [1.807, 2.05) is 37.3 Å². The molecule has 0 aliphatic carbocycles. The highest BCUT2D eigenvalue weighted by Crippen LogP contribution is 2.17. The molecule has 33 heavy (non-hydrogen) atoms. The van der Waals surface area contributed by atoms with Gasteiger partial charge in [-0.3, -0.25) is 14.8 Å². The van der Waals surface area contributed by atoms with Crippen LogP contribution >= 0.6 is 0 Å². The van der Waals surface area contributed by atoms with Gasteiger partial charge in [0, 0.05) is 37.3 Å². The molecule has 1 aliphatic rings. The normalized spacial score (nSPS) is 14.6. The van der Waals surface area contributed by atoms with E-state index in [4.69, 9.17) is 4.74 Å². The minimum atomic E-state index is 0.0110. The van der Waals surface area contributed by atoms with Crippen molar-refractivity contribution in [3.63, 3.8) is 0 Å². The van der Waals surface area contributed by atoms with Crippen LogP contribution in [0.15, 0.2) is 36.4 Å². The van der Waals surface area contributed by atoms with Gasteiger partial charge in [0.15, 0.2) is 17.4 Å². The summed E-state index contributed by atoms with van der Waals surface area (Å²) in [6, 6.07) is 11.8. The molecule has 0 atom stereocenters. The van der Waals surface area contributed by atoms with E-state index in [0.717, 1.165) is 50.5 Å². The number of nitrogens with zero attached hydrogens (tertiary/aromatic N) is 4. The second-order valence-electron chi connectivity index (χ2n) is 8.28. The number of nitrogens with one attached hydrogen (secondary N) is 2. The topological polar surface area (TPSA) is 96.0 Å². The molecule has 4 rings (SSSR count). The van der Waals surface area contributed by atoms with E-state index in [0.29, 0.717) is 29.6 Å². The highest BCUT2D eigenvalue weighted by Gasteiger charge is 2.14. The van der Waals surface area contributed by atoms with Crippen molar-refractivity contribution < 1.29 is 9.53 Å². The monoisotopic (exact) mass is 446 g/mol. The summed E-state index contributed by atoms with van der Waals surface area (Å²) < 4.78 is 5.39. The fourth-order valence-electron chi connectivity index (χ4n) is 3.62. The molecular weight excluding hydrogens is 416 g/mol. The number of Topliss-reactive ketones (excluding diaryl/α,β-unsaturated/α-hetero) is 1. The van der Waals surface area contributed by atoms with Crippen molar-refractivity contribution in [1.82, 2.24) is 25.1 Å². The molecule has 2 aromatic heterocycles. The van der Waals surface area contributed by atoms with E-state index < -0.39 is 0 Å². The Labute approximate surface area is 194 Å². The van der Waals surface area contributed by atoms with Crippen LogP contribution < -0.4 is 5.32 Å².